The minimum absolute atomic E-state index is 0.0384. The fourth-order valence-corrected chi connectivity index (χ4v) is 8.89. The largest absolute Gasteiger partial charge is 0.461 e. The van der Waals surface area contributed by atoms with Crippen LogP contribution in [0.1, 0.15) is 46.5 Å². The van der Waals surface area contributed by atoms with E-state index in [4.69, 9.17) is 4.74 Å². The first kappa shape index (κ1) is 28.4. The van der Waals surface area contributed by atoms with Gasteiger partial charge in [-0.25, -0.2) is 9.18 Å². The van der Waals surface area contributed by atoms with Crippen molar-refractivity contribution in [3.8, 4) is 0 Å². The van der Waals surface area contributed by atoms with Crippen LogP contribution in [0.15, 0.2) is 23.8 Å². The van der Waals surface area contributed by atoms with E-state index >= 15 is 4.39 Å². The van der Waals surface area contributed by atoms with E-state index in [0.29, 0.717) is 36.6 Å². The highest BCUT2D eigenvalue weighted by atomic mass is 32.2. The monoisotopic (exact) mass is 554 g/mol. The van der Waals surface area contributed by atoms with Crippen molar-refractivity contribution in [1.82, 2.24) is 0 Å². The fraction of sp³-hybridized carbons (Fsp3) is 0.704. The maximum absolute atomic E-state index is 17.4. The number of ketones is 2. The van der Waals surface area contributed by atoms with E-state index in [0.717, 1.165) is 0 Å². The highest BCUT2D eigenvalue weighted by Gasteiger charge is 2.77. The molecule has 0 aromatic rings. The first-order valence-electron chi connectivity index (χ1n) is 12.6. The zero-order valence-corrected chi connectivity index (χ0v) is 23.5. The molecule has 4 rings (SSSR count). The molecule has 4 aliphatic carbocycles. The van der Waals surface area contributed by atoms with E-state index in [2.05, 4.69) is 4.74 Å². The molecule has 0 bridgehead atoms. The molecular weight excluding hydrogens is 519 g/mol. The van der Waals surface area contributed by atoms with Crippen molar-refractivity contribution >= 4 is 46.4 Å². The van der Waals surface area contributed by atoms with E-state index in [1.54, 1.807) is 19.3 Å². The minimum Gasteiger partial charge on any atom is -0.461 e. The molecule has 0 radical (unpaired) electrons. The standard InChI is InChI=1S/C27H35FO7S2/c1-15-10-19-18-7-6-16-11-17(29)8-9-24(16,2)26(18,28)20(30)12-25(19,3)27(15,35-22(32)14-36-5)21(31)13-37-23(33)34-4/h8-9,11,15,18-20,30H,6-7,10,12-14H2,1-5H3/t15-,18-,19-,20-,24-,25-,26-,27-/m0/s1. The molecule has 7 nitrogen and oxygen atoms in total. The van der Waals surface area contributed by atoms with E-state index < -0.39 is 57.1 Å². The molecule has 3 saturated carbocycles. The summed E-state index contributed by atoms with van der Waals surface area (Å²) in [6.45, 7) is 5.39. The maximum atomic E-state index is 17.4. The molecule has 0 spiro atoms. The number of fused-ring (bicyclic) bond motifs is 5. The molecule has 4 aliphatic rings. The zero-order valence-electron chi connectivity index (χ0n) is 21.9. The third-order valence-electron chi connectivity index (χ3n) is 9.62. The zero-order chi connectivity index (χ0) is 27.4. The molecule has 0 aromatic carbocycles. The number of carbonyl (C=O) groups excluding carboxylic acids is 4. The molecule has 0 amide bonds. The first-order valence-corrected chi connectivity index (χ1v) is 15.0. The number of aliphatic hydroxyl groups is 1. The number of esters is 1. The van der Waals surface area contributed by atoms with E-state index in [9.17, 15) is 24.3 Å². The van der Waals surface area contributed by atoms with Gasteiger partial charge in [-0.15, -0.1) is 0 Å². The Morgan fingerprint density at radius 3 is 2.57 bits per heavy atom. The number of ether oxygens (including phenoxy) is 2. The highest BCUT2D eigenvalue weighted by Crippen LogP contribution is 2.71. The Bertz CT molecular complexity index is 1070. The van der Waals surface area contributed by atoms with Crippen molar-refractivity contribution in [3.05, 3.63) is 23.8 Å². The average Bonchev–Trinajstić information content (AvgIpc) is 3.05. The minimum atomic E-state index is -2.05. The molecule has 0 saturated heterocycles. The van der Waals surface area contributed by atoms with Crippen molar-refractivity contribution in [2.24, 2.45) is 28.6 Å². The number of thioether (sulfide) groups is 2. The Hall–Kier alpha value is -1.65. The summed E-state index contributed by atoms with van der Waals surface area (Å²) in [6, 6.07) is 0. The lowest BCUT2D eigenvalue weighted by atomic mass is 9.44. The van der Waals surface area contributed by atoms with Crippen LogP contribution in [0, 0.1) is 28.6 Å². The maximum Gasteiger partial charge on any atom is 0.367 e. The van der Waals surface area contributed by atoms with Gasteiger partial charge in [0.1, 0.15) is 0 Å². The van der Waals surface area contributed by atoms with Gasteiger partial charge in [-0.2, -0.15) is 11.8 Å². The molecule has 0 aliphatic heterocycles. The SMILES string of the molecule is COC(=O)SCC(=O)[C@@]1(OC(=O)CSC)[C@@H](C)C[C@H]2[C@@H]3CCC4=CC(=O)C=C[C@]4(C)[C@@]3(F)[C@@H](O)C[C@@]21C. The molecule has 3 fully saturated rings. The second-order valence-electron chi connectivity index (χ2n) is 11.2. The van der Waals surface area contributed by atoms with Crippen LogP contribution in [-0.2, 0) is 23.9 Å². The van der Waals surface area contributed by atoms with Gasteiger partial charge in [-0.1, -0.05) is 25.5 Å². The summed E-state index contributed by atoms with van der Waals surface area (Å²) in [6.07, 6.45) is 5.97. The number of rotatable bonds is 6. The number of aliphatic hydroxyl groups excluding tert-OH is 1. The van der Waals surface area contributed by atoms with Gasteiger partial charge in [0.15, 0.2) is 22.8 Å². The summed E-state index contributed by atoms with van der Waals surface area (Å²) >= 11 is 1.96. The van der Waals surface area contributed by atoms with Gasteiger partial charge in [-0.3, -0.25) is 14.4 Å². The van der Waals surface area contributed by atoms with Crippen LogP contribution in [-0.4, -0.2) is 70.2 Å². The third kappa shape index (κ3) is 3.95. The van der Waals surface area contributed by atoms with Crippen LogP contribution in [0.2, 0.25) is 0 Å². The van der Waals surface area contributed by atoms with Crippen molar-refractivity contribution < 1.29 is 38.1 Å². The van der Waals surface area contributed by atoms with E-state index in [1.807, 2.05) is 13.8 Å². The van der Waals surface area contributed by atoms with Crippen molar-refractivity contribution in [1.29, 1.82) is 0 Å². The second kappa shape index (κ2) is 9.83. The Morgan fingerprint density at radius 2 is 1.92 bits per heavy atom. The van der Waals surface area contributed by atoms with Gasteiger partial charge in [-0.05, 0) is 68.7 Å². The van der Waals surface area contributed by atoms with Gasteiger partial charge in [0.05, 0.1) is 24.7 Å². The van der Waals surface area contributed by atoms with Crippen molar-refractivity contribution in [3.63, 3.8) is 0 Å². The number of alkyl halides is 1. The van der Waals surface area contributed by atoms with Crippen molar-refractivity contribution in [2.45, 2.75) is 63.8 Å². The Kier molecular flexibility index (Phi) is 7.53. The quantitative estimate of drug-likeness (QED) is 0.481. The normalized spacial score (nSPS) is 42.2. The van der Waals surface area contributed by atoms with Crippen LogP contribution < -0.4 is 0 Å². The predicted molar refractivity (Wildman–Crippen MR) is 140 cm³/mol. The van der Waals surface area contributed by atoms with Crippen molar-refractivity contribution in [2.75, 3.05) is 24.9 Å². The molecule has 37 heavy (non-hydrogen) atoms. The van der Waals surface area contributed by atoms with Gasteiger partial charge in [0.25, 0.3) is 0 Å². The molecule has 0 heterocycles. The first-order chi connectivity index (χ1) is 17.3. The number of halogens is 1. The second-order valence-corrected chi connectivity index (χ2v) is 13.0. The van der Waals surface area contributed by atoms with E-state index in [-0.39, 0.29) is 29.6 Å². The average molecular weight is 555 g/mol. The van der Waals surface area contributed by atoms with Crippen LogP contribution in [0.4, 0.5) is 9.18 Å². The molecule has 10 heteroatoms. The Labute approximate surface area is 225 Å². The number of hydrogen-bond donors (Lipinski definition) is 1. The Morgan fingerprint density at radius 1 is 1.22 bits per heavy atom. The molecule has 8 atom stereocenters. The lowest BCUT2D eigenvalue weighted by Gasteiger charge is -2.62. The lowest BCUT2D eigenvalue weighted by molar-refractivity contribution is -0.226. The summed E-state index contributed by atoms with van der Waals surface area (Å²) in [7, 11) is 1.22. The topological polar surface area (TPSA) is 107 Å². The number of Topliss-reactive ketones (excluding diaryl/α,β-unsaturated/α-hetero) is 1. The smallest absolute Gasteiger partial charge is 0.367 e. The van der Waals surface area contributed by atoms with Crippen LogP contribution in [0.25, 0.3) is 0 Å². The summed E-state index contributed by atoms with van der Waals surface area (Å²) in [5, 5.41) is 11.0. The summed E-state index contributed by atoms with van der Waals surface area (Å²) in [5.41, 5.74) is -5.21. The van der Waals surface area contributed by atoms with Gasteiger partial charge in [0, 0.05) is 22.7 Å². The number of allylic oxidation sites excluding steroid dienone is 4. The summed E-state index contributed by atoms with van der Waals surface area (Å²) in [4.78, 5) is 50.7. The lowest BCUT2D eigenvalue weighted by Crippen LogP contribution is -2.70. The Balaban J connectivity index is 1.80. The van der Waals surface area contributed by atoms with Gasteiger partial charge >= 0.3 is 11.3 Å². The third-order valence-corrected chi connectivity index (χ3v) is 11.0. The number of carbonyl (C=O) groups is 4. The highest BCUT2D eigenvalue weighted by molar-refractivity contribution is 8.13. The van der Waals surface area contributed by atoms with E-state index in [1.165, 1.54) is 31.0 Å². The van der Waals surface area contributed by atoms with Gasteiger partial charge < -0.3 is 14.6 Å². The fourth-order valence-electron chi connectivity index (χ4n) is 8.02. The molecule has 0 aromatic heterocycles. The molecule has 0 unspecified atom stereocenters. The van der Waals surface area contributed by atoms with Crippen LogP contribution in [0.3, 0.4) is 0 Å². The molecule has 1 N–H and O–H groups in total. The van der Waals surface area contributed by atoms with Crippen LogP contribution >= 0.6 is 23.5 Å². The summed E-state index contributed by atoms with van der Waals surface area (Å²) in [5.74, 6) is -2.84. The molecule has 204 valence electrons. The number of methoxy groups -OCH3 is 1. The molecular formula is C27H35FO7S2. The van der Waals surface area contributed by atoms with Crippen LogP contribution in [0.5, 0.6) is 0 Å². The summed E-state index contributed by atoms with van der Waals surface area (Å²) < 4.78 is 28.2. The number of hydrogen-bond acceptors (Lipinski definition) is 9. The van der Waals surface area contributed by atoms with Gasteiger partial charge in [0.2, 0.25) is 0 Å². The predicted octanol–water partition coefficient (Wildman–Crippen LogP) is 4.32.